The molecule has 1 aliphatic rings. The van der Waals surface area contributed by atoms with Crippen LogP contribution in [-0.4, -0.2) is 56.8 Å². The summed E-state index contributed by atoms with van der Waals surface area (Å²) in [6, 6.07) is 10.1. The van der Waals surface area contributed by atoms with Gasteiger partial charge in [-0.1, -0.05) is 37.3 Å². The van der Waals surface area contributed by atoms with Crippen LogP contribution < -0.4 is 16.4 Å². The smallest absolute Gasteiger partial charge is 0.250 e. The van der Waals surface area contributed by atoms with Crippen LogP contribution in [0.15, 0.2) is 59.7 Å². The van der Waals surface area contributed by atoms with E-state index >= 15 is 0 Å². The van der Waals surface area contributed by atoms with Crippen LogP contribution in [0.1, 0.15) is 50.8 Å². The lowest BCUT2D eigenvalue weighted by atomic mass is 9.97. The van der Waals surface area contributed by atoms with E-state index in [4.69, 9.17) is 5.73 Å². The molecule has 3 amide bonds. The molecule has 0 spiro atoms. The molecular formula is C28H36N6O3S. The molecule has 0 saturated carbocycles. The van der Waals surface area contributed by atoms with Crippen molar-refractivity contribution in [1.29, 1.82) is 0 Å². The van der Waals surface area contributed by atoms with E-state index in [1.54, 1.807) is 30.9 Å². The zero-order chi connectivity index (χ0) is 27.3. The largest absolute Gasteiger partial charge is 0.342 e. The normalized spacial score (nSPS) is 16.1. The predicted molar refractivity (Wildman–Crippen MR) is 149 cm³/mol. The summed E-state index contributed by atoms with van der Waals surface area (Å²) >= 11 is 1.52. The fraction of sp³-hybridized carbons (Fsp3) is 0.429. The molecule has 1 saturated heterocycles. The Hall–Kier alpha value is -3.50. The van der Waals surface area contributed by atoms with Crippen LogP contribution in [0.3, 0.4) is 0 Å². The maximum Gasteiger partial charge on any atom is 0.250 e. The average Bonchev–Trinajstić information content (AvgIpc) is 3.56. The zero-order valence-corrected chi connectivity index (χ0v) is 22.9. The number of thiophene rings is 1. The molecule has 2 atom stereocenters. The average molecular weight is 537 g/mol. The molecule has 0 bridgehead atoms. The number of aromatic nitrogens is 2. The highest BCUT2D eigenvalue weighted by Crippen LogP contribution is 2.26. The topological polar surface area (TPSA) is 122 Å². The molecule has 0 aliphatic carbocycles. The number of amides is 3. The second kappa shape index (κ2) is 11.9. The van der Waals surface area contributed by atoms with Crippen molar-refractivity contribution in [3.8, 4) is 0 Å². The monoisotopic (exact) mass is 536 g/mol. The molecule has 2 unspecified atom stereocenters. The highest BCUT2D eigenvalue weighted by Gasteiger charge is 2.31. The summed E-state index contributed by atoms with van der Waals surface area (Å²) < 4.78 is 1.74. The van der Waals surface area contributed by atoms with E-state index in [9.17, 15) is 14.4 Å². The molecular weight excluding hydrogens is 500 g/mol. The van der Waals surface area contributed by atoms with Gasteiger partial charge in [-0.25, -0.2) is 4.98 Å². The molecule has 1 fully saturated rings. The highest BCUT2D eigenvalue weighted by atomic mass is 32.1. The second-order valence-electron chi connectivity index (χ2n) is 10.6. The summed E-state index contributed by atoms with van der Waals surface area (Å²) in [6.45, 7) is 6.84. The molecule has 4 rings (SSSR count). The van der Waals surface area contributed by atoms with E-state index in [1.807, 2.05) is 52.1 Å². The molecule has 1 aromatic carbocycles. The Morgan fingerprint density at radius 3 is 2.50 bits per heavy atom. The first-order valence-electron chi connectivity index (χ1n) is 12.9. The van der Waals surface area contributed by atoms with E-state index in [2.05, 4.69) is 22.5 Å². The Morgan fingerprint density at radius 2 is 1.87 bits per heavy atom. The quantitative estimate of drug-likeness (QED) is 0.388. The van der Waals surface area contributed by atoms with Gasteiger partial charge in [-0.2, -0.15) is 11.3 Å². The first-order valence-corrected chi connectivity index (χ1v) is 13.8. The minimum absolute atomic E-state index is 0.00570. The maximum atomic E-state index is 13.7. The summed E-state index contributed by atoms with van der Waals surface area (Å²) in [5.41, 5.74) is 6.59. The molecule has 9 nitrogen and oxygen atoms in total. The molecule has 38 heavy (non-hydrogen) atoms. The second-order valence-corrected chi connectivity index (χ2v) is 11.4. The summed E-state index contributed by atoms with van der Waals surface area (Å²) in [5, 5.41) is 9.44. The summed E-state index contributed by atoms with van der Waals surface area (Å²) in [6.07, 6.45) is 5.50. The fourth-order valence-corrected chi connectivity index (χ4v) is 5.11. The summed E-state index contributed by atoms with van der Waals surface area (Å²) in [7, 11) is 0. The van der Waals surface area contributed by atoms with Gasteiger partial charge >= 0.3 is 0 Å². The lowest BCUT2D eigenvalue weighted by Crippen LogP contribution is -2.55. The molecule has 1 aliphatic heterocycles. The van der Waals surface area contributed by atoms with Gasteiger partial charge in [0.2, 0.25) is 17.7 Å². The fourth-order valence-electron chi connectivity index (χ4n) is 4.43. The minimum Gasteiger partial charge on any atom is -0.342 e. The van der Waals surface area contributed by atoms with E-state index in [0.29, 0.717) is 18.2 Å². The number of carbonyl (C=O) groups excluding carboxylic acids is 3. The molecule has 3 aromatic rings. The highest BCUT2D eigenvalue weighted by molar-refractivity contribution is 7.07. The Labute approximate surface area is 227 Å². The molecule has 10 heteroatoms. The Morgan fingerprint density at radius 1 is 1.16 bits per heavy atom. The number of imidazole rings is 1. The standard InChI is InChI=1S/C28H36N6O3S/c1-19-9-12-33(13-10-19)26(36)24(21-7-5-4-6-8-21)34-16-23(30-18-34)32-25(35)22(15-20-11-14-38-17-20)31-27(37)28(2,3)29/h4-8,11,14,16-19,22,24H,9-10,12-13,15,29H2,1-3H3,(H,31,37)(H,32,35). The number of hydrogen-bond acceptors (Lipinski definition) is 6. The number of benzene rings is 1. The number of rotatable bonds is 9. The van der Waals surface area contributed by atoms with Gasteiger partial charge in [-0.05, 0) is 60.6 Å². The van der Waals surface area contributed by atoms with E-state index in [0.717, 1.165) is 37.1 Å². The van der Waals surface area contributed by atoms with Crippen LogP contribution in [0.5, 0.6) is 0 Å². The minimum atomic E-state index is -1.13. The van der Waals surface area contributed by atoms with Gasteiger partial charge in [-0.3, -0.25) is 14.4 Å². The first kappa shape index (κ1) is 27.5. The van der Waals surface area contributed by atoms with Crippen molar-refractivity contribution in [1.82, 2.24) is 19.8 Å². The maximum absolute atomic E-state index is 13.7. The van der Waals surface area contributed by atoms with Crippen LogP contribution in [-0.2, 0) is 20.8 Å². The number of likely N-dealkylation sites (tertiary alicyclic amines) is 1. The van der Waals surface area contributed by atoms with Gasteiger partial charge in [0.05, 0.1) is 11.9 Å². The summed E-state index contributed by atoms with van der Waals surface area (Å²) in [4.78, 5) is 45.8. The number of nitrogens with zero attached hydrogens (tertiary/aromatic N) is 3. The number of hydrogen-bond donors (Lipinski definition) is 3. The van der Waals surface area contributed by atoms with Crippen molar-refractivity contribution in [2.24, 2.45) is 11.7 Å². The van der Waals surface area contributed by atoms with Crippen LogP contribution in [0.2, 0.25) is 0 Å². The van der Waals surface area contributed by atoms with Gasteiger partial charge in [-0.15, -0.1) is 0 Å². The van der Waals surface area contributed by atoms with Crippen molar-refractivity contribution >= 4 is 34.9 Å². The van der Waals surface area contributed by atoms with Crippen molar-refractivity contribution in [3.05, 3.63) is 70.8 Å². The van der Waals surface area contributed by atoms with Crippen molar-refractivity contribution in [2.75, 3.05) is 18.4 Å². The predicted octanol–water partition coefficient (Wildman–Crippen LogP) is 3.20. The van der Waals surface area contributed by atoms with Gasteiger partial charge in [0.25, 0.3) is 0 Å². The molecule has 2 aromatic heterocycles. The lowest BCUT2D eigenvalue weighted by Gasteiger charge is -2.33. The van der Waals surface area contributed by atoms with Crippen molar-refractivity contribution in [2.45, 2.75) is 57.7 Å². The molecule has 202 valence electrons. The SMILES string of the molecule is CC1CCN(C(=O)C(c2ccccc2)n2cnc(NC(=O)C(Cc3ccsc3)NC(=O)C(C)(C)N)c2)CC1. The lowest BCUT2D eigenvalue weighted by molar-refractivity contribution is -0.135. The van der Waals surface area contributed by atoms with Gasteiger partial charge in [0, 0.05) is 25.7 Å². The van der Waals surface area contributed by atoms with Crippen LogP contribution in [0.4, 0.5) is 5.82 Å². The number of nitrogens with one attached hydrogen (secondary N) is 2. The number of nitrogens with two attached hydrogens (primary N) is 1. The van der Waals surface area contributed by atoms with E-state index in [1.165, 1.54) is 11.3 Å². The number of anilines is 1. The van der Waals surface area contributed by atoms with E-state index < -0.39 is 29.4 Å². The third kappa shape index (κ3) is 6.87. The third-order valence-corrected chi connectivity index (χ3v) is 7.55. The van der Waals surface area contributed by atoms with Crippen molar-refractivity contribution < 1.29 is 14.4 Å². The Kier molecular flexibility index (Phi) is 8.63. The van der Waals surface area contributed by atoms with E-state index in [-0.39, 0.29) is 5.91 Å². The van der Waals surface area contributed by atoms with Crippen LogP contribution in [0.25, 0.3) is 0 Å². The van der Waals surface area contributed by atoms with Gasteiger partial charge in [0.15, 0.2) is 5.82 Å². The third-order valence-electron chi connectivity index (χ3n) is 6.82. The zero-order valence-electron chi connectivity index (χ0n) is 22.1. The first-order chi connectivity index (χ1) is 18.1. The van der Waals surface area contributed by atoms with Crippen LogP contribution >= 0.6 is 11.3 Å². The number of carbonyl (C=O) groups is 3. The van der Waals surface area contributed by atoms with Gasteiger partial charge < -0.3 is 25.8 Å². The Balaban J connectivity index is 1.54. The van der Waals surface area contributed by atoms with Crippen LogP contribution in [0, 0.1) is 5.92 Å². The number of piperidine rings is 1. The van der Waals surface area contributed by atoms with Gasteiger partial charge in [0.1, 0.15) is 12.1 Å². The molecule has 0 radical (unpaired) electrons. The molecule has 3 heterocycles. The Bertz CT molecular complexity index is 1230. The summed E-state index contributed by atoms with van der Waals surface area (Å²) in [5.74, 6) is 0.0750. The molecule has 4 N–H and O–H groups in total. The van der Waals surface area contributed by atoms with Crippen molar-refractivity contribution in [3.63, 3.8) is 0 Å².